The number of allylic oxidation sites excluding steroid dienone is 1. The Balaban J connectivity index is 2.03. The highest BCUT2D eigenvalue weighted by molar-refractivity contribution is 8.02. The van der Waals surface area contributed by atoms with Crippen LogP contribution in [0.5, 0.6) is 0 Å². The molecule has 98 valence electrons. The molecule has 0 saturated heterocycles. The summed E-state index contributed by atoms with van der Waals surface area (Å²) in [5.41, 5.74) is 2.23. The molecule has 2 aromatic carbocycles. The van der Waals surface area contributed by atoms with Gasteiger partial charge in [0.1, 0.15) is 17.4 Å². The monoisotopic (exact) mass is 279 g/mol. The van der Waals surface area contributed by atoms with Crippen LogP contribution in [0.2, 0.25) is 0 Å². The first kappa shape index (κ1) is 11.8. The zero-order chi connectivity index (χ0) is 13.5. The van der Waals surface area contributed by atoms with Gasteiger partial charge in [-0.2, -0.15) is 0 Å². The van der Waals surface area contributed by atoms with Crippen molar-refractivity contribution in [3.63, 3.8) is 0 Å². The van der Waals surface area contributed by atoms with E-state index in [0.29, 0.717) is 6.61 Å². The molecule has 2 nitrogen and oxygen atoms in total. The van der Waals surface area contributed by atoms with Gasteiger partial charge in [0.2, 0.25) is 0 Å². The molecule has 1 aromatic heterocycles. The van der Waals surface area contributed by atoms with Gasteiger partial charge in [-0.05, 0) is 18.4 Å². The highest BCUT2D eigenvalue weighted by Gasteiger charge is 2.12. The minimum atomic E-state index is 0.598. The fourth-order valence-corrected chi connectivity index (χ4v) is 3.26. The number of nitrogens with zero attached hydrogens (tertiary/aromatic N) is 1. The summed E-state index contributed by atoms with van der Waals surface area (Å²) in [7, 11) is 0. The van der Waals surface area contributed by atoms with Gasteiger partial charge in [-0.1, -0.05) is 48.2 Å². The Morgan fingerprint density at radius 1 is 1.10 bits per heavy atom. The average Bonchev–Trinajstić information content (AvgIpc) is 2.67. The Kier molecular flexibility index (Phi) is 2.67. The maximum Gasteiger partial charge on any atom is 0.115 e. The fourth-order valence-electron chi connectivity index (χ4n) is 2.51. The van der Waals surface area contributed by atoms with E-state index in [2.05, 4.69) is 42.5 Å². The van der Waals surface area contributed by atoms with E-state index >= 15 is 0 Å². The molecule has 0 radical (unpaired) electrons. The molecule has 4 rings (SSSR count). The predicted molar refractivity (Wildman–Crippen MR) is 83.7 cm³/mol. The molecule has 0 saturated carbocycles. The number of benzene rings is 2. The number of thioether (sulfide) groups is 1. The van der Waals surface area contributed by atoms with Crippen LogP contribution in [0.1, 0.15) is 12.5 Å². The summed E-state index contributed by atoms with van der Waals surface area (Å²) in [4.78, 5) is 4.88. The number of fused-ring (bicyclic) bond motifs is 4. The van der Waals surface area contributed by atoms with Gasteiger partial charge in [0.15, 0.2) is 0 Å². The highest BCUT2D eigenvalue weighted by atomic mass is 32.2. The van der Waals surface area contributed by atoms with E-state index in [1.807, 2.05) is 12.3 Å². The molecule has 20 heavy (non-hydrogen) atoms. The number of ether oxygens (including phenoxy) is 1. The smallest absolute Gasteiger partial charge is 0.115 e. The lowest BCUT2D eigenvalue weighted by atomic mass is 10.1. The van der Waals surface area contributed by atoms with Crippen molar-refractivity contribution < 1.29 is 4.74 Å². The molecule has 1 aliphatic rings. The quantitative estimate of drug-likeness (QED) is 0.548. The second-order valence-electron chi connectivity index (χ2n) is 4.95. The van der Waals surface area contributed by atoms with Crippen molar-refractivity contribution >= 4 is 33.4 Å². The number of hydrogen-bond donors (Lipinski definition) is 0. The second kappa shape index (κ2) is 4.53. The third-order valence-electron chi connectivity index (χ3n) is 3.54. The zero-order valence-electron chi connectivity index (χ0n) is 11.1. The molecule has 3 aromatic rings. The van der Waals surface area contributed by atoms with Crippen molar-refractivity contribution in [3.05, 3.63) is 59.2 Å². The molecular weight excluding hydrogens is 266 g/mol. The van der Waals surface area contributed by atoms with Crippen molar-refractivity contribution in [1.29, 1.82) is 0 Å². The van der Waals surface area contributed by atoms with Gasteiger partial charge in [-0.3, -0.25) is 0 Å². The topological polar surface area (TPSA) is 22.1 Å². The summed E-state index contributed by atoms with van der Waals surface area (Å²) >= 11 is 1.64. The largest absolute Gasteiger partial charge is 0.493 e. The summed E-state index contributed by atoms with van der Waals surface area (Å²) in [6, 6.07) is 14.9. The number of aromatic nitrogens is 1. The van der Waals surface area contributed by atoms with E-state index in [1.54, 1.807) is 11.8 Å². The van der Waals surface area contributed by atoms with Gasteiger partial charge in [-0.25, -0.2) is 4.98 Å². The third-order valence-corrected chi connectivity index (χ3v) is 4.57. The van der Waals surface area contributed by atoms with Crippen LogP contribution in [0, 0.1) is 0 Å². The van der Waals surface area contributed by atoms with E-state index in [-0.39, 0.29) is 0 Å². The molecular formula is C17H13NOS. The van der Waals surface area contributed by atoms with Crippen LogP contribution in [0.25, 0.3) is 21.7 Å². The molecule has 0 N–H and O–H groups in total. The van der Waals surface area contributed by atoms with Crippen LogP contribution in [0.15, 0.2) is 58.7 Å². The van der Waals surface area contributed by atoms with E-state index < -0.39 is 0 Å². The third kappa shape index (κ3) is 1.86. The molecule has 0 bridgehead atoms. The van der Waals surface area contributed by atoms with Crippen LogP contribution in [0.4, 0.5) is 0 Å². The Labute approximate surface area is 121 Å². The van der Waals surface area contributed by atoms with Crippen LogP contribution >= 0.6 is 11.8 Å². The van der Waals surface area contributed by atoms with Crippen LogP contribution in [-0.2, 0) is 11.3 Å². The van der Waals surface area contributed by atoms with Crippen molar-refractivity contribution in [2.45, 2.75) is 18.6 Å². The van der Waals surface area contributed by atoms with Crippen LogP contribution in [-0.4, -0.2) is 4.98 Å². The second-order valence-corrected chi connectivity index (χ2v) is 5.80. The Hall–Kier alpha value is -2.00. The molecule has 0 spiro atoms. The summed E-state index contributed by atoms with van der Waals surface area (Å²) in [6.45, 7) is 2.58. The minimum Gasteiger partial charge on any atom is -0.493 e. The fraction of sp³-hybridized carbons (Fsp3) is 0.118. The molecule has 3 heteroatoms. The van der Waals surface area contributed by atoms with Gasteiger partial charge >= 0.3 is 0 Å². The van der Waals surface area contributed by atoms with Crippen molar-refractivity contribution in [2.75, 3.05) is 0 Å². The molecule has 0 amide bonds. The van der Waals surface area contributed by atoms with Gasteiger partial charge < -0.3 is 4.74 Å². The molecule has 0 aliphatic carbocycles. The predicted octanol–water partition coefficient (Wildman–Crippen LogP) is 4.87. The van der Waals surface area contributed by atoms with E-state index in [1.165, 1.54) is 16.2 Å². The van der Waals surface area contributed by atoms with E-state index in [9.17, 15) is 0 Å². The summed E-state index contributed by atoms with van der Waals surface area (Å²) in [5, 5.41) is 6.68. The number of hydrogen-bond acceptors (Lipinski definition) is 3. The number of pyridine rings is 1. The maximum absolute atomic E-state index is 5.67. The summed E-state index contributed by atoms with van der Waals surface area (Å²) in [6.07, 6.45) is 0. The van der Waals surface area contributed by atoms with Gasteiger partial charge in [0.05, 0.1) is 5.52 Å². The van der Waals surface area contributed by atoms with E-state index in [4.69, 9.17) is 9.72 Å². The van der Waals surface area contributed by atoms with Gasteiger partial charge in [0, 0.05) is 21.7 Å². The molecule has 2 heterocycles. The molecule has 1 aliphatic heterocycles. The zero-order valence-corrected chi connectivity index (χ0v) is 11.9. The lowest BCUT2D eigenvalue weighted by Crippen LogP contribution is -1.94. The first-order chi connectivity index (χ1) is 9.81. The molecule has 0 unspecified atom stereocenters. The molecule has 0 fully saturated rings. The Morgan fingerprint density at radius 2 is 1.95 bits per heavy atom. The standard InChI is InChI=1S/C17H13NOS/c1-11-10-20-17-14(9-19-11)8-13-7-6-12-4-2-3-5-15(12)16(13)18-17/h2-8,10H,9H2,1H3. The van der Waals surface area contributed by atoms with Crippen molar-refractivity contribution in [3.8, 4) is 0 Å². The maximum atomic E-state index is 5.67. The Morgan fingerprint density at radius 3 is 2.90 bits per heavy atom. The van der Waals surface area contributed by atoms with E-state index in [0.717, 1.165) is 21.9 Å². The summed E-state index contributed by atoms with van der Waals surface area (Å²) in [5.74, 6) is 0.946. The Bertz CT molecular complexity index is 854. The average molecular weight is 279 g/mol. The van der Waals surface area contributed by atoms with Crippen LogP contribution < -0.4 is 0 Å². The highest BCUT2D eigenvalue weighted by Crippen LogP contribution is 2.33. The molecule has 0 atom stereocenters. The van der Waals surface area contributed by atoms with Crippen molar-refractivity contribution in [1.82, 2.24) is 4.98 Å². The lowest BCUT2D eigenvalue weighted by Gasteiger charge is -2.09. The van der Waals surface area contributed by atoms with Crippen LogP contribution in [0.3, 0.4) is 0 Å². The van der Waals surface area contributed by atoms with Gasteiger partial charge in [-0.15, -0.1) is 0 Å². The first-order valence-electron chi connectivity index (χ1n) is 6.59. The first-order valence-corrected chi connectivity index (χ1v) is 7.47. The minimum absolute atomic E-state index is 0.598. The summed E-state index contributed by atoms with van der Waals surface area (Å²) < 4.78 is 5.67. The normalized spacial score (nSPS) is 14.6. The van der Waals surface area contributed by atoms with Gasteiger partial charge in [0.25, 0.3) is 0 Å². The van der Waals surface area contributed by atoms with Crippen molar-refractivity contribution in [2.24, 2.45) is 0 Å². The number of rotatable bonds is 0. The lowest BCUT2D eigenvalue weighted by molar-refractivity contribution is 0.200. The SMILES string of the molecule is CC1=CSc2nc3c(ccc4ccccc43)cc2CO1.